The average Bonchev–Trinajstić information content (AvgIpc) is 2.54. The fourth-order valence-electron chi connectivity index (χ4n) is 4.64. The first-order chi connectivity index (χ1) is 10.6. The molecule has 2 fully saturated rings. The smallest absolute Gasteiger partial charge is 0.145 e. The summed E-state index contributed by atoms with van der Waals surface area (Å²) in [5.41, 5.74) is 1.69. The summed E-state index contributed by atoms with van der Waals surface area (Å²) in [4.78, 5) is 0. The summed E-state index contributed by atoms with van der Waals surface area (Å²) in [6, 6.07) is 3.93. The lowest BCUT2D eigenvalue weighted by Crippen LogP contribution is -2.25. The zero-order valence-corrected chi connectivity index (χ0v) is 14.6. The van der Waals surface area contributed by atoms with Crippen LogP contribution in [0.25, 0.3) is 0 Å². The van der Waals surface area contributed by atoms with Crippen LogP contribution in [0.4, 0.5) is 4.39 Å². The van der Waals surface area contributed by atoms with Gasteiger partial charge in [0.2, 0.25) is 0 Å². The molecule has 0 spiro atoms. The van der Waals surface area contributed by atoms with Crippen LogP contribution in [0.1, 0.15) is 78.2 Å². The van der Waals surface area contributed by atoms with E-state index in [1.54, 1.807) is 0 Å². The van der Waals surface area contributed by atoms with Gasteiger partial charge in [-0.1, -0.05) is 43.5 Å². The van der Waals surface area contributed by atoms with Crippen LogP contribution >= 0.6 is 11.6 Å². The van der Waals surface area contributed by atoms with Gasteiger partial charge in [-0.15, -0.1) is 0 Å². The molecule has 0 aromatic heterocycles. The normalized spacial score (nSPS) is 32.9. The Hall–Kier alpha value is -0.560. The van der Waals surface area contributed by atoms with E-state index in [4.69, 9.17) is 11.6 Å². The molecule has 2 aliphatic carbocycles. The van der Waals surface area contributed by atoms with Crippen LogP contribution in [0.2, 0.25) is 5.02 Å². The topological polar surface area (TPSA) is 0 Å². The number of hydrogen-bond acceptors (Lipinski definition) is 0. The van der Waals surface area contributed by atoms with Gasteiger partial charge in [-0.05, 0) is 80.2 Å². The summed E-state index contributed by atoms with van der Waals surface area (Å²) >= 11 is 6.09. The molecule has 2 aliphatic rings. The minimum Gasteiger partial charge on any atom is -0.205 e. The van der Waals surface area contributed by atoms with Crippen molar-refractivity contribution in [1.29, 1.82) is 0 Å². The third kappa shape index (κ3) is 3.35. The molecule has 1 aromatic rings. The number of hydrogen-bond donors (Lipinski definition) is 0. The van der Waals surface area contributed by atoms with E-state index >= 15 is 0 Å². The van der Waals surface area contributed by atoms with Gasteiger partial charge < -0.3 is 0 Å². The van der Waals surface area contributed by atoms with Crippen molar-refractivity contribution in [2.75, 3.05) is 0 Å². The Kier molecular flexibility index (Phi) is 5.12. The Morgan fingerprint density at radius 3 is 2.09 bits per heavy atom. The third-order valence-corrected chi connectivity index (χ3v) is 6.71. The van der Waals surface area contributed by atoms with E-state index in [0.29, 0.717) is 10.9 Å². The standard InChI is InChI=1S/C20H28ClF.2H2/c1-13-3-6-15(7-4-13)16-8-10-17(11-9-16)18-12-5-14(2)19(21)20(18)22;;/h5,12-13,15-17H,3-4,6-11H2,1-2H3;2*1H. The van der Waals surface area contributed by atoms with Crippen molar-refractivity contribution < 1.29 is 7.24 Å². The fourth-order valence-corrected chi connectivity index (χ4v) is 4.81. The van der Waals surface area contributed by atoms with E-state index in [1.807, 2.05) is 19.1 Å². The molecule has 0 aliphatic heterocycles. The van der Waals surface area contributed by atoms with E-state index in [1.165, 1.54) is 38.5 Å². The summed E-state index contributed by atoms with van der Waals surface area (Å²) in [6.07, 6.45) is 10.5. The molecule has 0 amide bonds. The van der Waals surface area contributed by atoms with Crippen molar-refractivity contribution in [3.8, 4) is 0 Å². The second-order valence-electron chi connectivity index (χ2n) is 7.73. The first-order valence-electron chi connectivity index (χ1n) is 9.00. The van der Waals surface area contributed by atoms with Gasteiger partial charge >= 0.3 is 0 Å². The first-order valence-corrected chi connectivity index (χ1v) is 9.38. The average molecular weight is 327 g/mol. The van der Waals surface area contributed by atoms with E-state index in [-0.39, 0.29) is 8.67 Å². The molecule has 1 aromatic carbocycles. The molecule has 2 saturated carbocycles. The Balaban J connectivity index is 0.00000144. The van der Waals surface area contributed by atoms with Gasteiger partial charge in [0.15, 0.2) is 0 Å². The van der Waals surface area contributed by atoms with Crippen LogP contribution in [-0.2, 0) is 0 Å². The molecule has 0 N–H and O–H groups in total. The highest BCUT2D eigenvalue weighted by molar-refractivity contribution is 6.31. The van der Waals surface area contributed by atoms with E-state index < -0.39 is 0 Å². The summed E-state index contributed by atoms with van der Waals surface area (Å²) in [7, 11) is 0. The van der Waals surface area contributed by atoms with Gasteiger partial charge in [0.1, 0.15) is 5.82 Å². The maximum Gasteiger partial charge on any atom is 0.145 e. The summed E-state index contributed by atoms with van der Waals surface area (Å²) in [6.45, 7) is 4.26. The number of aryl methyl sites for hydroxylation is 1. The second kappa shape index (κ2) is 6.91. The van der Waals surface area contributed by atoms with Gasteiger partial charge in [0.05, 0.1) is 5.02 Å². The first kappa shape index (κ1) is 16.3. The van der Waals surface area contributed by atoms with Gasteiger partial charge in [-0.3, -0.25) is 0 Å². The number of benzene rings is 1. The molecule has 22 heavy (non-hydrogen) atoms. The predicted molar refractivity (Wildman–Crippen MR) is 96.2 cm³/mol. The Morgan fingerprint density at radius 2 is 1.50 bits per heavy atom. The predicted octanol–water partition coefficient (Wildman–Crippen LogP) is 7.38. The molecule has 0 heterocycles. The molecule has 0 bridgehead atoms. The van der Waals surface area contributed by atoms with Crippen molar-refractivity contribution in [1.82, 2.24) is 0 Å². The second-order valence-corrected chi connectivity index (χ2v) is 8.11. The monoisotopic (exact) mass is 326 g/mol. The van der Waals surface area contributed by atoms with E-state index in [9.17, 15) is 4.39 Å². The van der Waals surface area contributed by atoms with Crippen molar-refractivity contribution in [2.45, 2.75) is 71.1 Å². The molecule has 0 unspecified atom stereocenters. The zero-order chi connectivity index (χ0) is 15.7. The number of rotatable bonds is 2. The van der Waals surface area contributed by atoms with Crippen LogP contribution in [0.15, 0.2) is 12.1 Å². The SMILES string of the molecule is Cc1ccc(C2CCC(C3CCC(C)CC3)CC2)c(F)c1Cl.[HH].[HH]. The summed E-state index contributed by atoms with van der Waals surface area (Å²) in [5.74, 6) is 2.95. The highest BCUT2D eigenvalue weighted by atomic mass is 35.5. The van der Waals surface area contributed by atoms with Crippen molar-refractivity contribution in [3.63, 3.8) is 0 Å². The largest absolute Gasteiger partial charge is 0.205 e. The molecular weight excluding hydrogens is 295 g/mol. The summed E-state index contributed by atoms with van der Waals surface area (Å²) < 4.78 is 14.4. The van der Waals surface area contributed by atoms with Gasteiger partial charge in [0, 0.05) is 2.85 Å². The van der Waals surface area contributed by atoms with Crippen molar-refractivity contribution in [3.05, 3.63) is 34.1 Å². The highest BCUT2D eigenvalue weighted by Gasteiger charge is 2.31. The van der Waals surface area contributed by atoms with Crippen LogP contribution in [0, 0.1) is 30.5 Å². The van der Waals surface area contributed by atoms with Crippen molar-refractivity contribution in [2.24, 2.45) is 17.8 Å². The molecule has 3 rings (SSSR count). The summed E-state index contributed by atoms with van der Waals surface area (Å²) in [5, 5.41) is 0.320. The Labute approximate surface area is 142 Å². The van der Waals surface area contributed by atoms with E-state index in [0.717, 1.165) is 41.7 Å². The number of halogens is 2. The lowest BCUT2D eigenvalue weighted by molar-refractivity contribution is 0.164. The minimum absolute atomic E-state index is 0. The van der Waals surface area contributed by atoms with Crippen molar-refractivity contribution >= 4 is 11.6 Å². The molecule has 126 valence electrons. The van der Waals surface area contributed by atoms with E-state index in [2.05, 4.69) is 6.92 Å². The lowest BCUT2D eigenvalue weighted by atomic mass is 9.68. The molecule has 2 heteroatoms. The van der Waals surface area contributed by atoms with Gasteiger partial charge in [0.25, 0.3) is 0 Å². The Bertz CT molecular complexity index is 519. The lowest BCUT2D eigenvalue weighted by Gasteiger charge is -2.37. The molecule has 0 nitrogen and oxygen atoms in total. The van der Waals surface area contributed by atoms with Crippen LogP contribution in [-0.4, -0.2) is 0 Å². The van der Waals surface area contributed by atoms with Crippen LogP contribution in [0.3, 0.4) is 0 Å². The highest BCUT2D eigenvalue weighted by Crippen LogP contribution is 2.44. The maximum atomic E-state index is 14.4. The maximum absolute atomic E-state index is 14.4. The van der Waals surface area contributed by atoms with Gasteiger partial charge in [-0.2, -0.15) is 0 Å². The fraction of sp³-hybridized carbons (Fsp3) is 0.700. The quantitative estimate of drug-likeness (QED) is 0.531. The molecule has 0 saturated heterocycles. The van der Waals surface area contributed by atoms with Crippen LogP contribution in [0.5, 0.6) is 0 Å². The van der Waals surface area contributed by atoms with Gasteiger partial charge in [-0.25, -0.2) is 4.39 Å². The van der Waals surface area contributed by atoms with Crippen LogP contribution < -0.4 is 0 Å². The Morgan fingerprint density at radius 1 is 0.955 bits per heavy atom. The molecule has 0 radical (unpaired) electrons. The molecule has 0 atom stereocenters. The molecular formula is C20H32ClF. The third-order valence-electron chi connectivity index (χ3n) is 6.24. The minimum atomic E-state index is -0.170. The zero-order valence-electron chi connectivity index (χ0n) is 13.9.